The minimum Gasteiger partial charge on any atom is -0.389 e. The van der Waals surface area contributed by atoms with Crippen molar-refractivity contribution in [3.8, 4) is 0 Å². The summed E-state index contributed by atoms with van der Waals surface area (Å²) in [6.07, 6.45) is 3.42. The minimum atomic E-state index is -0.352. The van der Waals surface area contributed by atoms with Crippen LogP contribution in [0.25, 0.3) is 0 Å². The van der Waals surface area contributed by atoms with Gasteiger partial charge >= 0.3 is 0 Å². The summed E-state index contributed by atoms with van der Waals surface area (Å²) < 4.78 is 13.8. The highest BCUT2D eigenvalue weighted by molar-refractivity contribution is 7.80. The van der Waals surface area contributed by atoms with E-state index in [4.69, 9.17) is 18.0 Å². The molecule has 1 aliphatic rings. The van der Waals surface area contributed by atoms with Gasteiger partial charge in [-0.1, -0.05) is 32.1 Å². The summed E-state index contributed by atoms with van der Waals surface area (Å²) in [6, 6.07) is 5.31. The third-order valence-corrected chi connectivity index (χ3v) is 4.42. The molecule has 0 radical (unpaired) electrons. The number of rotatable bonds is 3. The Labute approximate surface area is 119 Å². The van der Waals surface area contributed by atoms with Crippen LogP contribution in [0, 0.1) is 17.7 Å². The van der Waals surface area contributed by atoms with E-state index in [2.05, 4.69) is 19.2 Å². The third kappa shape index (κ3) is 3.24. The molecule has 4 heteroatoms. The molecule has 3 atom stereocenters. The Morgan fingerprint density at radius 1 is 1.32 bits per heavy atom. The summed E-state index contributed by atoms with van der Waals surface area (Å²) >= 11 is 4.94. The lowest BCUT2D eigenvalue weighted by Gasteiger charge is -2.33. The van der Waals surface area contributed by atoms with Crippen molar-refractivity contribution in [3.05, 3.63) is 29.6 Å². The summed E-state index contributed by atoms with van der Waals surface area (Å²) in [5, 5.41) is 3.42. The first-order valence-electron chi connectivity index (χ1n) is 6.84. The van der Waals surface area contributed by atoms with E-state index in [9.17, 15) is 4.39 Å². The van der Waals surface area contributed by atoms with Crippen molar-refractivity contribution in [2.24, 2.45) is 17.6 Å². The fraction of sp³-hybridized carbons (Fsp3) is 0.533. The van der Waals surface area contributed by atoms with E-state index >= 15 is 0 Å². The summed E-state index contributed by atoms with van der Waals surface area (Å²) in [5.74, 6) is 1.10. The average molecular weight is 280 g/mol. The van der Waals surface area contributed by atoms with Gasteiger partial charge in [-0.2, -0.15) is 0 Å². The number of thiocarbonyl (C=S) groups is 1. The van der Waals surface area contributed by atoms with Gasteiger partial charge in [-0.05, 0) is 43.2 Å². The first kappa shape index (κ1) is 14.3. The van der Waals surface area contributed by atoms with Crippen LogP contribution in [0.15, 0.2) is 18.2 Å². The van der Waals surface area contributed by atoms with Crippen molar-refractivity contribution in [1.29, 1.82) is 0 Å². The van der Waals surface area contributed by atoms with Crippen LogP contribution in [0.4, 0.5) is 10.1 Å². The first-order chi connectivity index (χ1) is 8.99. The zero-order chi connectivity index (χ0) is 14.0. The molecule has 104 valence electrons. The van der Waals surface area contributed by atoms with Crippen molar-refractivity contribution >= 4 is 22.9 Å². The molecule has 0 aromatic heterocycles. The summed E-state index contributed by atoms with van der Waals surface area (Å²) in [5.41, 5.74) is 6.68. The monoisotopic (exact) mass is 280 g/mol. The lowest BCUT2D eigenvalue weighted by atomic mass is 9.79. The molecule has 2 rings (SSSR count). The molecule has 19 heavy (non-hydrogen) atoms. The molecule has 1 aromatic rings. The quantitative estimate of drug-likeness (QED) is 0.829. The lowest BCUT2D eigenvalue weighted by Crippen LogP contribution is -2.31. The Morgan fingerprint density at radius 2 is 2.05 bits per heavy atom. The molecule has 0 heterocycles. The van der Waals surface area contributed by atoms with Crippen LogP contribution in [0.2, 0.25) is 0 Å². The molecule has 1 aromatic carbocycles. The normalized spacial score (nSPS) is 27.0. The van der Waals surface area contributed by atoms with E-state index in [-0.39, 0.29) is 10.8 Å². The van der Waals surface area contributed by atoms with Gasteiger partial charge in [0, 0.05) is 11.7 Å². The van der Waals surface area contributed by atoms with Crippen molar-refractivity contribution in [2.45, 2.75) is 39.2 Å². The van der Waals surface area contributed by atoms with E-state index in [1.807, 2.05) is 6.07 Å². The van der Waals surface area contributed by atoms with Gasteiger partial charge in [-0.3, -0.25) is 0 Å². The molecule has 1 aliphatic carbocycles. The van der Waals surface area contributed by atoms with Gasteiger partial charge in [-0.15, -0.1) is 0 Å². The molecule has 0 bridgehead atoms. The molecule has 0 aliphatic heterocycles. The van der Waals surface area contributed by atoms with Crippen LogP contribution >= 0.6 is 12.2 Å². The van der Waals surface area contributed by atoms with Crippen molar-refractivity contribution in [3.63, 3.8) is 0 Å². The molecular formula is C15H21FN2S. The zero-order valence-corrected chi connectivity index (χ0v) is 12.3. The maximum absolute atomic E-state index is 13.8. The molecule has 1 saturated carbocycles. The third-order valence-electron chi connectivity index (χ3n) is 4.22. The van der Waals surface area contributed by atoms with Crippen molar-refractivity contribution < 1.29 is 4.39 Å². The molecular weight excluding hydrogens is 259 g/mol. The van der Waals surface area contributed by atoms with Crippen LogP contribution in [0.5, 0.6) is 0 Å². The van der Waals surface area contributed by atoms with E-state index in [1.54, 1.807) is 6.07 Å². The molecule has 3 N–H and O–H groups in total. The molecule has 2 nitrogen and oxygen atoms in total. The standard InChI is InChI=1S/C15H21FN2S/c1-9-6-7-11(8-10(9)2)18-13-5-3-4-12(16)14(13)15(17)19/h3-5,9-11,18H,6-8H2,1-2H3,(H2,17,19). The number of halogens is 1. The Morgan fingerprint density at radius 3 is 2.68 bits per heavy atom. The summed E-state index contributed by atoms with van der Waals surface area (Å²) in [6.45, 7) is 4.57. The Bertz CT molecular complexity index is 475. The van der Waals surface area contributed by atoms with Gasteiger partial charge in [0.1, 0.15) is 10.8 Å². The minimum absolute atomic E-state index is 0.109. The van der Waals surface area contributed by atoms with Gasteiger partial charge < -0.3 is 11.1 Å². The SMILES string of the molecule is CC1CCC(Nc2cccc(F)c2C(N)=S)CC1C. The summed E-state index contributed by atoms with van der Waals surface area (Å²) in [7, 11) is 0. The van der Waals surface area contributed by atoms with Gasteiger partial charge in [0.05, 0.1) is 5.56 Å². The second-order valence-corrected chi connectivity index (χ2v) is 6.08. The number of anilines is 1. The summed E-state index contributed by atoms with van der Waals surface area (Å²) in [4.78, 5) is 0.109. The predicted octanol–water partition coefficient (Wildman–Crippen LogP) is 3.70. The number of nitrogens with two attached hydrogens (primary N) is 1. The largest absolute Gasteiger partial charge is 0.389 e. The number of hydrogen-bond donors (Lipinski definition) is 2. The van der Waals surface area contributed by atoms with Gasteiger partial charge in [0.15, 0.2) is 0 Å². The second kappa shape index (κ2) is 5.87. The highest BCUT2D eigenvalue weighted by atomic mass is 32.1. The van der Waals surface area contributed by atoms with Crippen molar-refractivity contribution in [1.82, 2.24) is 0 Å². The van der Waals surface area contributed by atoms with Crippen LogP contribution in [0.3, 0.4) is 0 Å². The maximum atomic E-state index is 13.8. The maximum Gasteiger partial charge on any atom is 0.135 e. The van der Waals surface area contributed by atoms with Crippen LogP contribution in [-0.2, 0) is 0 Å². The van der Waals surface area contributed by atoms with Gasteiger partial charge in [0.25, 0.3) is 0 Å². The molecule has 0 saturated heterocycles. The number of hydrogen-bond acceptors (Lipinski definition) is 2. The van der Waals surface area contributed by atoms with E-state index in [0.717, 1.165) is 24.4 Å². The molecule has 3 unspecified atom stereocenters. The number of benzene rings is 1. The topological polar surface area (TPSA) is 38.0 Å². The average Bonchev–Trinajstić information content (AvgIpc) is 2.33. The van der Waals surface area contributed by atoms with E-state index in [0.29, 0.717) is 17.5 Å². The molecule has 1 fully saturated rings. The van der Waals surface area contributed by atoms with Gasteiger partial charge in [-0.25, -0.2) is 4.39 Å². The second-order valence-electron chi connectivity index (χ2n) is 5.64. The van der Waals surface area contributed by atoms with E-state index < -0.39 is 0 Å². The van der Waals surface area contributed by atoms with Gasteiger partial charge in [0.2, 0.25) is 0 Å². The highest BCUT2D eigenvalue weighted by Gasteiger charge is 2.25. The fourth-order valence-electron chi connectivity index (χ4n) is 2.79. The van der Waals surface area contributed by atoms with Crippen molar-refractivity contribution in [2.75, 3.05) is 5.32 Å². The highest BCUT2D eigenvalue weighted by Crippen LogP contribution is 2.32. The fourth-order valence-corrected chi connectivity index (χ4v) is 3.00. The molecule has 0 amide bonds. The van der Waals surface area contributed by atoms with E-state index in [1.165, 1.54) is 12.5 Å². The molecule has 0 spiro atoms. The Hall–Kier alpha value is -1.16. The Balaban J connectivity index is 2.15. The van der Waals surface area contributed by atoms with Crippen LogP contribution in [0.1, 0.15) is 38.7 Å². The number of nitrogens with one attached hydrogen (secondary N) is 1. The Kier molecular flexibility index (Phi) is 4.40. The smallest absolute Gasteiger partial charge is 0.135 e. The predicted molar refractivity (Wildman–Crippen MR) is 81.9 cm³/mol. The van der Waals surface area contributed by atoms with Crippen LogP contribution < -0.4 is 11.1 Å². The zero-order valence-electron chi connectivity index (χ0n) is 11.4. The van der Waals surface area contributed by atoms with Crippen LogP contribution in [-0.4, -0.2) is 11.0 Å². The lowest BCUT2D eigenvalue weighted by molar-refractivity contribution is 0.261. The first-order valence-corrected chi connectivity index (χ1v) is 7.24.